The van der Waals surface area contributed by atoms with Crippen molar-refractivity contribution in [2.24, 2.45) is 5.92 Å². The van der Waals surface area contributed by atoms with Gasteiger partial charge in [-0.05, 0) is 42.9 Å². The van der Waals surface area contributed by atoms with E-state index in [1.54, 1.807) is 4.68 Å². The zero-order valence-electron chi connectivity index (χ0n) is 13.4. The van der Waals surface area contributed by atoms with Crippen LogP contribution < -0.4 is 5.32 Å². The molecule has 3 rings (SSSR count). The fourth-order valence-electron chi connectivity index (χ4n) is 2.76. The quantitative estimate of drug-likeness (QED) is 0.915. The van der Waals surface area contributed by atoms with Crippen LogP contribution in [0.15, 0.2) is 30.5 Å². The first-order valence-corrected chi connectivity index (χ1v) is 8.03. The summed E-state index contributed by atoms with van der Waals surface area (Å²) in [4.78, 5) is 10.9. The van der Waals surface area contributed by atoms with E-state index < -0.39 is 0 Å². The molecule has 0 radical (unpaired) electrons. The van der Waals surface area contributed by atoms with Gasteiger partial charge in [-0.25, -0.2) is 4.68 Å². The Morgan fingerprint density at radius 1 is 1.30 bits per heavy atom. The van der Waals surface area contributed by atoms with E-state index in [2.05, 4.69) is 15.6 Å². The summed E-state index contributed by atoms with van der Waals surface area (Å²) in [6.07, 6.45) is 5.16. The zero-order chi connectivity index (χ0) is 16.1. The summed E-state index contributed by atoms with van der Waals surface area (Å²) < 4.78 is 7.19. The lowest BCUT2D eigenvalue weighted by Crippen LogP contribution is -2.18. The van der Waals surface area contributed by atoms with Gasteiger partial charge < -0.3 is 10.1 Å². The van der Waals surface area contributed by atoms with Crippen molar-refractivity contribution < 1.29 is 9.53 Å². The van der Waals surface area contributed by atoms with Gasteiger partial charge in [-0.3, -0.25) is 4.79 Å². The normalized spacial score (nSPS) is 15.5. The summed E-state index contributed by atoms with van der Waals surface area (Å²) in [5.41, 5.74) is 3.06. The number of nitrogens with zero attached hydrogens (tertiary/aromatic N) is 3. The number of carbonyl (C=O) groups is 1. The second-order valence-corrected chi connectivity index (χ2v) is 5.99. The Morgan fingerprint density at radius 2 is 2.04 bits per heavy atom. The van der Waals surface area contributed by atoms with Gasteiger partial charge in [0, 0.05) is 26.7 Å². The Kier molecular flexibility index (Phi) is 5.02. The minimum Gasteiger partial charge on any atom is -0.381 e. The van der Waals surface area contributed by atoms with Crippen molar-refractivity contribution in [1.82, 2.24) is 20.3 Å². The summed E-state index contributed by atoms with van der Waals surface area (Å²) >= 11 is 0. The van der Waals surface area contributed by atoms with Gasteiger partial charge in [-0.2, -0.15) is 0 Å². The lowest BCUT2D eigenvalue weighted by atomic mass is 9.95. The van der Waals surface area contributed by atoms with Crippen molar-refractivity contribution in [1.29, 1.82) is 0 Å². The van der Waals surface area contributed by atoms with E-state index in [1.807, 2.05) is 30.5 Å². The van der Waals surface area contributed by atoms with Gasteiger partial charge in [0.25, 0.3) is 0 Å². The second-order valence-electron chi connectivity index (χ2n) is 5.99. The molecule has 23 heavy (non-hydrogen) atoms. The third-order valence-corrected chi connectivity index (χ3v) is 4.12. The molecule has 122 valence electrons. The molecule has 6 nitrogen and oxygen atoms in total. The maximum atomic E-state index is 10.9. The molecule has 2 heterocycles. The van der Waals surface area contributed by atoms with Crippen molar-refractivity contribution in [2.75, 3.05) is 13.2 Å². The Balaban J connectivity index is 1.61. The van der Waals surface area contributed by atoms with Crippen LogP contribution in [0.4, 0.5) is 0 Å². The molecular weight excluding hydrogens is 292 g/mol. The van der Waals surface area contributed by atoms with Gasteiger partial charge in [0.05, 0.1) is 17.6 Å². The topological polar surface area (TPSA) is 69.0 Å². The van der Waals surface area contributed by atoms with E-state index in [0.717, 1.165) is 49.4 Å². The highest BCUT2D eigenvalue weighted by Gasteiger charge is 2.16. The molecule has 1 fully saturated rings. The van der Waals surface area contributed by atoms with E-state index in [1.165, 1.54) is 6.92 Å². The second kappa shape index (κ2) is 7.37. The third kappa shape index (κ3) is 4.39. The fraction of sp³-hybridized carbons (Fsp3) is 0.471. The van der Waals surface area contributed by atoms with Crippen LogP contribution >= 0.6 is 0 Å². The van der Waals surface area contributed by atoms with Crippen LogP contribution in [0.25, 0.3) is 5.69 Å². The predicted molar refractivity (Wildman–Crippen MR) is 86.1 cm³/mol. The van der Waals surface area contributed by atoms with E-state index >= 15 is 0 Å². The van der Waals surface area contributed by atoms with Crippen LogP contribution in [-0.4, -0.2) is 34.1 Å². The van der Waals surface area contributed by atoms with Gasteiger partial charge in [0.1, 0.15) is 0 Å². The molecule has 0 spiro atoms. The molecular formula is C17H22N4O2. The predicted octanol–water partition coefficient (Wildman–Crippen LogP) is 1.87. The maximum absolute atomic E-state index is 10.9. The van der Waals surface area contributed by atoms with E-state index in [-0.39, 0.29) is 5.91 Å². The number of carbonyl (C=O) groups excluding carboxylic acids is 1. The first kappa shape index (κ1) is 15.7. The summed E-state index contributed by atoms with van der Waals surface area (Å²) in [5, 5.41) is 11.3. The standard InChI is InChI=1S/C17H22N4O2/c1-13(22)18-11-15-2-4-17(5-3-15)21-12-16(19-20-21)10-14-6-8-23-9-7-14/h2-5,12,14H,6-11H2,1H3,(H,18,22). The molecule has 2 aromatic rings. The molecule has 0 unspecified atom stereocenters. The molecule has 0 aliphatic carbocycles. The highest BCUT2D eigenvalue weighted by molar-refractivity contribution is 5.72. The van der Waals surface area contributed by atoms with Crippen LogP contribution in [-0.2, 0) is 22.5 Å². The van der Waals surface area contributed by atoms with Gasteiger partial charge in [-0.1, -0.05) is 17.3 Å². The molecule has 1 N–H and O–H groups in total. The molecule has 0 atom stereocenters. The third-order valence-electron chi connectivity index (χ3n) is 4.12. The average molecular weight is 314 g/mol. The summed E-state index contributed by atoms with van der Waals surface area (Å²) in [7, 11) is 0. The van der Waals surface area contributed by atoms with Gasteiger partial charge in [0.15, 0.2) is 0 Å². The molecule has 1 aromatic heterocycles. The summed E-state index contributed by atoms with van der Waals surface area (Å²) in [6.45, 7) is 3.77. The van der Waals surface area contributed by atoms with E-state index in [4.69, 9.17) is 4.74 Å². The van der Waals surface area contributed by atoms with Gasteiger partial charge >= 0.3 is 0 Å². The molecule has 1 aromatic carbocycles. The number of aromatic nitrogens is 3. The largest absolute Gasteiger partial charge is 0.381 e. The van der Waals surface area contributed by atoms with Crippen LogP contribution in [0.1, 0.15) is 31.0 Å². The molecule has 0 bridgehead atoms. The van der Waals surface area contributed by atoms with Crippen LogP contribution in [0.3, 0.4) is 0 Å². The molecule has 1 saturated heterocycles. The Morgan fingerprint density at radius 3 is 2.74 bits per heavy atom. The molecule has 1 aliphatic heterocycles. The number of hydrogen-bond donors (Lipinski definition) is 1. The lowest BCUT2D eigenvalue weighted by molar-refractivity contribution is -0.119. The van der Waals surface area contributed by atoms with Crippen molar-refractivity contribution >= 4 is 5.91 Å². The first-order valence-electron chi connectivity index (χ1n) is 8.03. The number of hydrogen-bond acceptors (Lipinski definition) is 4. The van der Waals surface area contributed by atoms with Crippen molar-refractivity contribution in [2.45, 2.75) is 32.7 Å². The Hall–Kier alpha value is -2.21. The Bertz CT molecular complexity index is 645. The van der Waals surface area contributed by atoms with Crippen molar-refractivity contribution in [3.05, 3.63) is 41.7 Å². The van der Waals surface area contributed by atoms with Gasteiger partial charge in [0.2, 0.25) is 5.91 Å². The lowest BCUT2D eigenvalue weighted by Gasteiger charge is -2.20. The highest BCUT2D eigenvalue weighted by Crippen LogP contribution is 2.19. The minimum atomic E-state index is -0.0249. The number of rotatable bonds is 5. The molecule has 1 aliphatic rings. The van der Waals surface area contributed by atoms with Crippen molar-refractivity contribution in [3.8, 4) is 5.69 Å². The number of amides is 1. The van der Waals surface area contributed by atoms with Crippen LogP contribution in [0, 0.1) is 5.92 Å². The zero-order valence-corrected chi connectivity index (χ0v) is 13.4. The number of nitrogens with one attached hydrogen (secondary N) is 1. The monoisotopic (exact) mass is 314 g/mol. The van der Waals surface area contributed by atoms with Gasteiger partial charge in [-0.15, -0.1) is 5.10 Å². The maximum Gasteiger partial charge on any atom is 0.217 e. The Labute approximate surface area is 135 Å². The number of ether oxygens (including phenoxy) is 1. The summed E-state index contributed by atoms with van der Waals surface area (Å²) in [5.74, 6) is 0.622. The smallest absolute Gasteiger partial charge is 0.217 e. The minimum absolute atomic E-state index is 0.0249. The summed E-state index contributed by atoms with van der Waals surface area (Å²) in [6, 6.07) is 7.96. The SMILES string of the molecule is CC(=O)NCc1ccc(-n2cc(CC3CCOCC3)nn2)cc1. The first-order chi connectivity index (χ1) is 11.2. The average Bonchev–Trinajstić information content (AvgIpc) is 3.03. The van der Waals surface area contributed by atoms with E-state index in [9.17, 15) is 4.79 Å². The fourth-order valence-corrected chi connectivity index (χ4v) is 2.76. The van der Waals surface area contributed by atoms with Crippen molar-refractivity contribution in [3.63, 3.8) is 0 Å². The number of benzene rings is 1. The molecule has 6 heteroatoms. The van der Waals surface area contributed by atoms with Crippen LogP contribution in [0.2, 0.25) is 0 Å². The van der Waals surface area contributed by atoms with E-state index in [0.29, 0.717) is 12.5 Å². The molecule has 1 amide bonds. The van der Waals surface area contributed by atoms with Crippen LogP contribution in [0.5, 0.6) is 0 Å². The molecule has 0 saturated carbocycles. The highest BCUT2D eigenvalue weighted by atomic mass is 16.5.